The van der Waals surface area contributed by atoms with Crippen LogP contribution in [0.15, 0.2) is 89.8 Å². The average Bonchev–Trinajstić information content (AvgIpc) is 2.80. The number of rotatable bonds is 5. The molecule has 0 aliphatic carbocycles. The van der Waals surface area contributed by atoms with Crippen molar-refractivity contribution in [2.75, 3.05) is 13.1 Å². The smallest absolute Gasteiger partial charge is 0.243 e. The van der Waals surface area contributed by atoms with E-state index in [0.717, 1.165) is 16.7 Å². The number of piperidine rings is 1. The summed E-state index contributed by atoms with van der Waals surface area (Å²) in [6, 6.07) is 26.6. The Labute approximate surface area is 178 Å². The first-order valence-corrected chi connectivity index (χ1v) is 11.7. The van der Waals surface area contributed by atoms with Gasteiger partial charge in [0, 0.05) is 18.5 Å². The van der Waals surface area contributed by atoms with Crippen molar-refractivity contribution in [2.45, 2.75) is 36.2 Å². The van der Waals surface area contributed by atoms with Crippen LogP contribution in [0.3, 0.4) is 0 Å². The van der Waals surface area contributed by atoms with E-state index < -0.39 is 21.5 Å². The molecule has 3 aromatic carbocycles. The number of benzene rings is 3. The van der Waals surface area contributed by atoms with Crippen LogP contribution >= 0.6 is 0 Å². The molecule has 30 heavy (non-hydrogen) atoms. The Kier molecular flexibility index (Phi) is 5.78. The van der Waals surface area contributed by atoms with Gasteiger partial charge >= 0.3 is 0 Å². The zero-order valence-corrected chi connectivity index (χ0v) is 17.9. The van der Waals surface area contributed by atoms with E-state index in [0.29, 0.717) is 30.8 Å². The van der Waals surface area contributed by atoms with E-state index in [9.17, 15) is 13.5 Å². The van der Waals surface area contributed by atoms with Crippen molar-refractivity contribution in [2.24, 2.45) is 0 Å². The van der Waals surface area contributed by atoms with E-state index in [-0.39, 0.29) is 0 Å². The van der Waals surface area contributed by atoms with Crippen molar-refractivity contribution in [1.82, 2.24) is 4.31 Å². The highest BCUT2D eigenvalue weighted by atomic mass is 32.2. The zero-order valence-electron chi connectivity index (χ0n) is 17.1. The van der Waals surface area contributed by atoms with Crippen LogP contribution in [0.4, 0.5) is 0 Å². The van der Waals surface area contributed by atoms with Gasteiger partial charge in [-0.05, 0) is 43.0 Å². The summed E-state index contributed by atoms with van der Waals surface area (Å²) in [5.41, 5.74) is 2.41. The summed E-state index contributed by atoms with van der Waals surface area (Å²) in [6.07, 6.45) is 0.404. The summed E-state index contributed by atoms with van der Waals surface area (Å²) in [4.78, 5) is 0.323. The van der Waals surface area contributed by atoms with Crippen LogP contribution in [0.2, 0.25) is 0 Å². The SMILES string of the molecule is Cc1ccc(S(=O)(=O)N2CCC(c3ccccc3)(C(O)c3ccccc3)CC2)cc1. The molecule has 0 radical (unpaired) electrons. The van der Waals surface area contributed by atoms with Gasteiger partial charge in [-0.25, -0.2) is 8.42 Å². The first-order valence-electron chi connectivity index (χ1n) is 10.3. The summed E-state index contributed by atoms with van der Waals surface area (Å²) in [5.74, 6) is 0. The highest BCUT2D eigenvalue weighted by molar-refractivity contribution is 7.89. The van der Waals surface area contributed by atoms with Crippen LogP contribution in [0.25, 0.3) is 0 Å². The van der Waals surface area contributed by atoms with E-state index in [4.69, 9.17) is 0 Å². The molecule has 0 bridgehead atoms. The highest BCUT2D eigenvalue weighted by Crippen LogP contribution is 2.46. The third-order valence-electron chi connectivity index (χ3n) is 6.26. The molecule has 3 aromatic rings. The zero-order chi connectivity index (χ0) is 21.2. The quantitative estimate of drug-likeness (QED) is 0.662. The second kappa shape index (κ2) is 8.34. The minimum atomic E-state index is -3.55. The summed E-state index contributed by atoms with van der Waals surface area (Å²) < 4.78 is 27.9. The average molecular weight is 422 g/mol. The Morgan fingerprint density at radius 3 is 1.93 bits per heavy atom. The lowest BCUT2D eigenvalue weighted by Crippen LogP contribution is -2.47. The minimum absolute atomic E-state index is 0.323. The summed E-state index contributed by atoms with van der Waals surface area (Å²) in [7, 11) is -3.55. The van der Waals surface area contributed by atoms with Gasteiger partial charge in [-0.3, -0.25) is 0 Å². The third kappa shape index (κ3) is 3.81. The van der Waals surface area contributed by atoms with Crippen molar-refractivity contribution in [3.05, 3.63) is 102 Å². The van der Waals surface area contributed by atoms with E-state index in [1.807, 2.05) is 79.7 Å². The maximum Gasteiger partial charge on any atom is 0.243 e. The van der Waals surface area contributed by atoms with Gasteiger partial charge in [0.05, 0.1) is 11.0 Å². The van der Waals surface area contributed by atoms with E-state index in [2.05, 4.69) is 0 Å². The van der Waals surface area contributed by atoms with E-state index >= 15 is 0 Å². The molecule has 1 N–H and O–H groups in total. The monoisotopic (exact) mass is 421 g/mol. The number of aliphatic hydroxyl groups is 1. The first kappa shape index (κ1) is 20.8. The molecule has 1 saturated heterocycles. The maximum atomic E-state index is 13.1. The summed E-state index contributed by atoms with van der Waals surface area (Å²) in [5, 5.41) is 11.4. The van der Waals surface area contributed by atoms with Gasteiger partial charge in [0.1, 0.15) is 0 Å². The highest BCUT2D eigenvalue weighted by Gasteiger charge is 2.45. The largest absolute Gasteiger partial charge is 0.387 e. The van der Waals surface area contributed by atoms with Gasteiger partial charge in [0.15, 0.2) is 0 Å². The van der Waals surface area contributed by atoms with Crippen LogP contribution < -0.4 is 0 Å². The second-order valence-corrected chi connectivity index (χ2v) is 9.99. The standard InChI is InChI=1S/C25H27NO3S/c1-20-12-14-23(15-13-20)30(28,29)26-18-16-25(17-19-26,22-10-6-3-7-11-22)24(27)21-8-4-2-5-9-21/h2-15,24,27H,16-19H2,1H3. The molecule has 1 heterocycles. The second-order valence-electron chi connectivity index (χ2n) is 8.05. The molecule has 5 heteroatoms. The van der Waals surface area contributed by atoms with Gasteiger partial charge < -0.3 is 5.11 Å². The van der Waals surface area contributed by atoms with Gasteiger partial charge in [-0.2, -0.15) is 4.31 Å². The molecule has 0 amide bonds. The van der Waals surface area contributed by atoms with Crippen LogP contribution in [0.5, 0.6) is 0 Å². The Bertz CT molecular complexity index is 1070. The van der Waals surface area contributed by atoms with Crippen LogP contribution in [-0.2, 0) is 15.4 Å². The maximum absolute atomic E-state index is 13.1. The Hall–Kier alpha value is -2.47. The van der Waals surface area contributed by atoms with Crippen LogP contribution in [0.1, 0.15) is 35.6 Å². The van der Waals surface area contributed by atoms with Crippen molar-refractivity contribution in [3.63, 3.8) is 0 Å². The third-order valence-corrected chi connectivity index (χ3v) is 8.17. The molecule has 4 nitrogen and oxygen atoms in total. The summed E-state index contributed by atoms with van der Waals surface area (Å²) >= 11 is 0. The fraction of sp³-hybridized carbons (Fsp3) is 0.280. The predicted octanol–water partition coefficient (Wildman–Crippen LogP) is 4.45. The topological polar surface area (TPSA) is 57.6 Å². The van der Waals surface area contributed by atoms with Gasteiger partial charge in [-0.15, -0.1) is 0 Å². The van der Waals surface area contributed by atoms with Gasteiger partial charge in [0.2, 0.25) is 10.0 Å². The predicted molar refractivity (Wildman–Crippen MR) is 119 cm³/mol. The molecule has 1 aliphatic rings. The lowest BCUT2D eigenvalue weighted by atomic mass is 9.67. The number of nitrogens with zero attached hydrogens (tertiary/aromatic N) is 1. The lowest BCUT2D eigenvalue weighted by molar-refractivity contribution is 0.0445. The fourth-order valence-corrected chi connectivity index (χ4v) is 5.87. The fourth-order valence-electron chi connectivity index (χ4n) is 4.43. The molecule has 0 aromatic heterocycles. The Morgan fingerprint density at radius 1 is 0.833 bits per heavy atom. The van der Waals surface area contributed by atoms with Gasteiger partial charge in [-0.1, -0.05) is 78.4 Å². The van der Waals surface area contributed by atoms with Crippen molar-refractivity contribution in [3.8, 4) is 0 Å². The molecular formula is C25H27NO3S. The number of aryl methyl sites for hydroxylation is 1. The van der Waals surface area contributed by atoms with E-state index in [1.54, 1.807) is 16.4 Å². The Morgan fingerprint density at radius 2 is 1.37 bits per heavy atom. The van der Waals surface area contributed by atoms with Crippen molar-refractivity contribution in [1.29, 1.82) is 0 Å². The molecular weight excluding hydrogens is 394 g/mol. The van der Waals surface area contributed by atoms with Crippen molar-refractivity contribution >= 4 is 10.0 Å². The van der Waals surface area contributed by atoms with Crippen LogP contribution in [0, 0.1) is 6.92 Å². The van der Waals surface area contributed by atoms with E-state index in [1.165, 1.54) is 0 Å². The Balaban J connectivity index is 1.65. The number of hydrogen-bond acceptors (Lipinski definition) is 3. The first-order chi connectivity index (χ1) is 14.4. The normalized spacial score (nSPS) is 18.1. The van der Waals surface area contributed by atoms with Gasteiger partial charge in [0.25, 0.3) is 0 Å². The molecule has 0 saturated carbocycles. The summed E-state index contributed by atoms with van der Waals surface area (Å²) in [6.45, 7) is 2.68. The number of aliphatic hydroxyl groups excluding tert-OH is 1. The van der Waals surface area contributed by atoms with Crippen molar-refractivity contribution < 1.29 is 13.5 Å². The molecule has 1 fully saturated rings. The number of sulfonamides is 1. The molecule has 1 aliphatic heterocycles. The minimum Gasteiger partial charge on any atom is -0.387 e. The molecule has 1 atom stereocenters. The molecule has 0 spiro atoms. The molecule has 1 unspecified atom stereocenters. The number of hydrogen-bond donors (Lipinski definition) is 1. The van der Waals surface area contributed by atoms with Crippen LogP contribution in [-0.4, -0.2) is 30.9 Å². The molecule has 4 rings (SSSR count). The molecule has 156 valence electrons. The lowest BCUT2D eigenvalue weighted by Gasteiger charge is -2.45.